The van der Waals surface area contributed by atoms with Crippen LogP contribution in [0.25, 0.3) is 10.4 Å². The molecule has 0 saturated heterocycles. The van der Waals surface area contributed by atoms with Crippen LogP contribution < -0.4 is 0 Å². The highest BCUT2D eigenvalue weighted by molar-refractivity contribution is 7.15. The minimum absolute atomic E-state index is 0.0257. The van der Waals surface area contributed by atoms with Gasteiger partial charge in [0.05, 0.1) is 6.61 Å². The van der Waals surface area contributed by atoms with Crippen LogP contribution in [0.3, 0.4) is 0 Å². The van der Waals surface area contributed by atoms with E-state index in [4.69, 9.17) is 16.7 Å². The Morgan fingerprint density at radius 2 is 2.07 bits per heavy atom. The van der Waals surface area contributed by atoms with Crippen LogP contribution in [0.1, 0.15) is 10.4 Å². The Morgan fingerprint density at radius 1 is 1.27 bits per heavy atom. The van der Waals surface area contributed by atoms with Crippen LogP contribution in [0, 0.1) is 6.92 Å². The SMILES string of the molecule is Cc1ccc(-c2cc(Cl)cc(CO)c2)s1. The zero-order valence-electron chi connectivity index (χ0n) is 8.33. The minimum atomic E-state index is 0.0257. The lowest BCUT2D eigenvalue weighted by Gasteiger charge is -2.02. The lowest BCUT2D eigenvalue weighted by Crippen LogP contribution is -1.84. The van der Waals surface area contributed by atoms with E-state index in [-0.39, 0.29) is 6.61 Å². The molecule has 0 aliphatic heterocycles. The van der Waals surface area contributed by atoms with E-state index in [9.17, 15) is 0 Å². The van der Waals surface area contributed by atoms with Gasteiger partial charge in [0.25, 0.3) is 0 Å². The summed E-state index contributed by atoms with van der Waals surface area (Å²) in [5.41, 5.74) is 1.92. The molecule has 78 valence electrons. The Kier molecular flexibility index (Phi) is 3.10. The van der Waals surface area contributed by atoms with Crippen molar-refractivity contribution in [3.63, 3.8) is 0 Å². The summed E-state index contributed by atoms with van der Waals surface area (Å²) in [6.07, 6.45) is 0. The molecule has 0 fully saturated rings. The fourth-order valence-corrected chi connectivity index (χ4v) is 2.59. The first-order chi connectivity index (χ1) is 7.19. The second-order valence-corrected chi connectivity index (χ2v) is 5.14. The van der Waals surface area contributed by atoms with E-state index >= 15 is 0 Å². The first kappa shape index (κ1) is 10.7. The zero-order valence-corrected chi connectivity index (χ0v) is 9.90. The van der Waals surface area contributed by atoms with E-state index in [0.717, 1.165) is 11.1 Å². The maximum atomic E-state index is 9.08. The van der Waals surface area contributed by atoms with E-state index in [2.05, 4.69) is 19.1 Å². The fraction of sp³-hybridized carbons (Fsp3) is 0.167. The van der Waals surface area contributed by atoms with Gasteiger partial charge in [0.2, 0.25) is 0 Å². The van der Waals surface area contributed by atoms with Gasteiger partial charge in [-0.2, -0.15) is 0 Å². The Hall–Kier alpha value is -0.830. The van der Waals surface area contributed by atoms with Crippen molar-refractivity contribution in [1.29, 1.82) is 0 Å². The first-order valence-corrected chi connectivity index (χ1v) is 5.85. The van der Waals surface area contributed by atoms with E-state index in [1.165, 1.54) is 9.75 Å². The van der Waals surface area contributed by atoms with E-state index in [1.807, 2.05) is 12.1 Å². The number of rotatable bonds is 2. The Morgan fingerprint density at radius 3 is 2.67 bits per heavy atom. The van der Waals surface area contributed by atoms with Crippen molar-refractivity contribution < 1.29 is 5.11 Å². The van der Waals surface area contributed by atoms with Crippen molar-refractivity contribution in [2.24, 2.45) is 0 Å². The molecule has 0 bridgehead atoms. The Bertz CT molecular complexity index is 476. The number of halogens is 1. The van der Waals surface area contributed by atoms with Crippen molar-refractivity contribution >= 4 is 22.9 Å². The molecule has 2 aromatic rings. The fourth-order valence-electron chi connectivity index (χ4n) is 1.47. The van der Waals surface area contributed by atoms with Gasteiger partial charge in [-0.05, 0) is 48.4 Å². The summed E-state index contributed by atoms with van der Waals surface area (Å²) in [5, 5.41) is 9.75. The van der Waals surface area contributed by atoms with Crippen molar-refractivity contribution in [3.05, 3.63) is 45.8 Å². The predicted molar refractivity (Wildman–Crippen MR) is 65.4 cm³/mol. The van der Waals surface area contributed by atoms with Gasteiger partial charge in [-0.25, -0.2) is 0 Å². The molecule has 1 N–H and O–H groups in total. The molecular weight excluding hydrogens is 228 g/mol. The molecule has 1 nitrogen and oxygen atoms in total. The summed E-state index contributed by atoms with van der Waals surface area (Å²) in [6, 6.07) is 9.83. The van der Waals surface area contributed by atoms with Crippen LogP contribution in [-0.2, 0) is 6.61 Å². The van der Waals surface area contributed by atoms with Gasteiger partial charge >= 0.3 is 0 Å². The third-order valence-electron chi connectivity index (χ3n) is 2.17. The van der Waals surface area contributed by atoms with Crippen LogP contribution in [0.15, 0.2) is 30.3 Å². The molecule has 0 amide bonds. The lowest BCUT2D eigenvalue weighted by molar-refractivity contribution is 0.282. The molecule has 0 atom stereocenters. The van der Waals surface area contributed by atoms with Crippen molar-refractivity contribution in [1.82, 2.24) is 0 Å². The van der Waals surface area contributed by atoms with Gasteiger partial charge < -0.3 is 5.11 Å². The average Bonchev–Trinajstić information content (AvgIpc) is 2.64. The molecule has 0 aliphatic carbocycles. The Balaban J connectivity index is 2.48. The van der Waals surface area contributed by atoms with Gasteiger partial charge in [-0.3, -0.25) is 0 Å². The number of thiophene rings is 1. The average molecular weight is 239 g/mol. The summed E-state index contributed by atoms with van der Waals surface area (Å²) in [7, 11) is 0. The maximum Gasteiger partial charge on any atom is 0.0682 e. The number of aliphatic hydroxyl groups excluding tert-OH is 1. The zero-order chi connectivity index (χ0) is 10.8. The highest BCUT2D eigenvalue weighted by Gasteiger charge is 2.03. The maximum absolute atomic E-state index is 9.08. The molecule has 0 saturated carbocycles. The first-order valence-electron chi connectivity index (χ1n) is 4.66. The van der Waals surface area contributed by atoms with Gasteiger partial charge in [-0.15, -0.1) is 11.3 Å². The molecule has 0 radical (unpaired) electrons. The van der Waals surface area contributed by atoms with Crippen molar-refractivity contribution in [2.45, 2.75) is 13.5 Å². The van der Waals surface area contributed by atoms with Gasteiger partial charge in [-0.1, -0.05) is 11.6 Å². The van der Waals surface area contributed by atoms with Crippen LogP contribution in [0.5, 0.6) is 0 Å². The molecule has 15 heavy (non-hydrogen) atoms. The minimum Gasteiger partial charge on any atom is -0.392 e. The molecule has 0 unspecified atom stereocenters. The molecule has 0 aliphatic rings. The second-order valence-electron chi connectivity index (χ2n) is 3.42. The third-order valence-corrected chi connectivity index (χ3v) is 3.43. The second kappa shape index (κ2) is 4.35. The molecule has 3 heteroatoms. The normalized spacial score (nSPS) is 10.6. The van der Waals surface area contributed by atoms with Crippen LogP contribution in [-0.4, -0.2) is 5.11 Å². The molecule has 1 heterocycles. The summed E-state index contributed by atoms with van der Waals surface area (Å²) in [5.74, 6) is 0. The standard InChI is InChI=1S/C12H11ClOS/c1-8-2-3-12(15-8)10-4-9(7-14)5-11(13)6-10/h2-6,14H,7H2,1H3. The monoisotopic (exact) mass is 238 g/mol. The summed E-state index contributed by atoms with van der Waals surface area (Å²) >= 11 is 7.71. The Labute approximate surface area is 98.0 Å². The quantitative estimate of drug-likeness (QED) is 0.842. The van der Waals surface area contributed by atoms with E-state index in [1.54, 1.807) is 17.4 Å². The number of hydrogen-bond acceptors (Lipinski definition) is 2. The highest BCUT2D eigenvalue weighted by atomic mass is 35.5. The molecule has 1 aromatic carbocycles. The lowest BCUT2D eigenvalue weighted by atomic mass is 10.1. The van der Waals surface area contributed by atoms with Crippen molar-refractivity contribution in [2.75, 3.05) is 0 Å². The van der Waals surface area contributed by atoms with Gasteiger partial charge in [0, 0.05) is 14.8 Å². The summed E-state index contributed by atoms with van der Waals surface area (Å²) in [6.45, 7) is 2.10. The van der Waals surface area contributed by atoms with Gasteiger partial charge in [0.15, 0.2) is 0 Å². The third kappa shape index (κ3) is 2.40. The van der Waals surface area contributed by atoms with Crippen LogP contribution in [0.2, 0.25) is 5.02 Å². The molecule has 1 aromatic heterocycles. The van der Waals surface area contributed by atoms with Crippen molar-refractivity contribution in [3.8, 4) is 10.4 Å². The number of aryl methyl sites for hydroxylation is 1. The van der Waals surface area contributed by atoms with Crippen LogP contribution in [0.4, 0.5) is 0 Å². The van der Waals surface area contributed by atoms with E-state index in [0.29, 0.717) is 5.02 Å². The van der Waals surface area contributed by atoms with E-state index < -0.39 is 0 Å². The van der Waals surface area contributed by atoms with Gasteiger partial charge in [0.1, 0.15) is 0 Å². The summed E-state index contributed by atoms with van der Waals surface area (Å²) in [4.78, 5) is 2.46. The topological polar surface area (TPSA) is 20.2 Å². The molecule has 2 rings (SSSR count). The molecule has 0 spiro atoms. The smallest absolute Gasteiger partial charge is 0.0682 e. The predicted octanol–water partition coefficient (Wildman–Crippen LogP) is 3.87. The number of hydrogen-bond donors (Lipinski definition) is 1. The molecular formula is C12H11ClOS. The van der Waals surface area contributed by atoms with Crippen LogP contribution >= 0.6 is 22.9 Å². The summed E-state index contributed by atoms with van der Waals surface area (Å²) < 4.78 is 0. The largest absolute Gasteiger partial charge is 0.392 e. The highest BCUT2D eigenvalue weighted by Crippen LogP contribution is 2.30. The number of benzene rings is 1. The number of aliphatic hydroxyl groups is 1.